The molecule has 0 atom stereocenters. The van der Waals surface area contributed by atoms with Crippen LogP contribution in [0.1, 0.15) is 20.3 Å². The van der Waals surface area contributed by atoms with Crippen LogP contribution in [0, 0.1) is 22.7 Å². The Hall–Kier alpha value is -2.01. The van der Waals surface area contributed by atoms with Crippen molar-refractivity contribution in [3.8, 4) is 12.1 Å². The largest absolute Gasteiger partial charge is 0.389 e. The lowest BCUT2D eigenvalue weighted by atomic mass is 10.2. The monoisotopic (exact) mass is 206 g/mol. The Balaban J connectivity index is 4.19. The summed E-state index contributed by atoms with van der Waals surface area (Å²) in [6.45, 7) is 4.06. The SMILES string of the molecule is CC(C)NC(=O)/C(C#N)=C\NCCC#N. The van der Waals surface area contributed by atoms with E-state index in [1.807, 2.05) is 19.9 Å². The van der Waals surface area contributed by atoms with Crippen LogP contribution in [0.2, 0.25) is 0 Å². The van der Waals surface area contributed by atoms with Crippen molar-refractivity contribution in [1.82, 2.24) is 10.6 Å². The van der Waals surface area contributed by atoms with Crippen molar-refractivity contribution in [3.63, 3.8) is 0 Å². The number of nitriles is 2. The van der Waals surface area contributed by atoms with Crippen molar-refractivity contribution in [2.45, 2.75) is 26.3 Å². The molecule has 0 heterocycles. The number of nitrogens with one attached hydrogen (secondary N) is 2. The zero-order valence-electron chi connectivity index (χ0n) is 8.87. The van der Waals surface area contributed by atoms with E-state index < -0.39 is 5.91 Å². The highest BCUT2D eigenvalue weighted by Crippen LogP contribution is 1.92. The molecule has 0 radical (unpaired) electrons. The maximum Gasteiger partial charge on any atom is 0.263 e. The first-order chi connectivity index (χ1) is 7.11. The van der Waals surface area contributed by atoms with Crippen LogP contribution in [0.3, 0.4) is 0 Å². The lowest BCUT2D eigenvalue weighted by molar-refractivity contribution is -0.117. The van der Waals surface area contributed by atoms with E-state index in [0.29, 0.717) is 13.0 Å². The standard InChI is InChI=1S/C10H14N4O/c1-8(2)14-10(15)9(6-12)7-13-5-3-4-11/h7-8,13H,3,5H2,1-2H3,(H,14,15)/b9-7-. The van der Waals surface area contributed by atoms with Gasteiger partial charge in [-0.25, -0.2) is 0 Å². The van der Waals surface area contributed by atoms with Crippen molar-refractivity contribution < 1.29 is 4.79 Å². The topological polar surface area (TPSA) is 88.7 Å². The minimum absolute atomic E-state index is 0.00615. The molecule has 0 aliphatic carbocycles. The number of carbonyl (C=O) groups is 1. The van der Waals surface area contributed by atoms with Crippen molar-refractivity contribution >= 4 is 5.91 Å². The van der Waals surface area contributed by atoms with Gasteiger partial charge in [-0.05, 0) is 13.8 Å². The molecular formula is C10H14N4O. The zero-order valence-corrected chi connectivity index (χ0v) is 8.87. The molecule has 5 nitrogen and oxygen atoms in total. The minimum atomic E-state index is -0.406. The fourth-order valence-electron chi connectivity index (χ4n) is 0.791. The normalized spacial score (nSPS) is 10.3. The zero-order chi connectivity index (χ0) is 11.7. The summed E-state index contributed by atoms with van der Waals surface area (Å²) in [5.74, 6) is -0.406. The van der Waals surface area contributed by atoms with E-state index in [0.717, 1.165) is 0 Å². The molecule has 5 heteroatoms. The van der Waals surface area contributed by atoms with Crippen molar-refractivity contribution in [2.24, 2.45) is 0 Å². The summed E-state index contributed by atoms with van der Waals surface area (Å²) in [5, 5.41) is 22.3. The van der Waals surface area contributed by atoms with E-state index in [1.54, 1.807) is 6.07 Å². The molecule has 0 saturated carbocycles. The highest BCUT2D eigenvalue weighted by molar-refractivity contribution is 5.97. The number of hydrogen-bond acceptors (Lipinski definition) is 4. The fourth-order valence-corrected chi connectivity index (χ4v) is 0.791. The van der Waals surface area contributed by atoms with Crippen LogP contribution in [-0.2, 0) is 4.79 Å². The van der Waals surface area contributed by atoms with Gasteiger partial charge in [0.25, 0.3) is 5.91 Å². The van der Waals surface area contributed by atoms with Crippen LogP contribution in [0.5, 0.6) is 0 Å². The average molecular weight is 206 g/mol. The number of carbonyl (C=O) groups excluding carboxylic acids is 1. The van der Waals surface area contributed by atoms with Crippen LogP contribution in [0.15, 0.2) is 11.8 Å². The second kappa shape index (κ2) is 7.40. The summed E-state index contributed by atoms with van der Waals surface area (Å²) in [6.07, 6.45) is 1.66. The number of nitrogens with zero attached hydrogens (tertiary/aromatic N) is 2. The van der Waals surface area contributed by atoms with Crippen LogP contribution in [0.25, 0.3) is 0 Å². The van der Waals surface area contributed by atoms with Crippen molar-refractivity contribution in [1.29, 1.82) is 10.5 Å². The van der Waals surface area contributed by atoms with E-state index in [9.17, 15) is 4.79 Å². The van der Waals surface area contributed by atoms with Gasteiger partial charge >= 0.3 is 0 Å². The van der Waals surface area contributed by atoms with Gasteiger partial charge in [0, 0.05) is 18.8 Å². The summed E-state index contributed by atoms with van der Waals surface area (Å²) in [4.78, 5) is 11.3. The van der Waals surface area contributed by atoms with Gasteiger partial charge in [-0.15, -0.1) is 0 Å². The molecule has 0 bridgehead atoms. The molecule has 0 aromatic heterocycles. The Morgan fingerprint density at radius 2 is 2.13 bits per heavy atom. The molecule has 0 spiro atoms. The third kappa shape index (κ3) is 6.11. The molecule has 2 N–H and O–H groups in total. The summed E-state index contributed by atoms with van der Waals surface area (Å²) in [6, 6.07) is 3.73. The Bertz CT molecular complexity index is 319. The van der Waals surface area contributed by atoms with Crippen molar-refractivity contribution in [2.75, 3.05) is 6.54 Å². The smallest absolute Gasteiger partial charge is 0.263 e. The molecule has 0 unspecified atom stereocenters. The molecule has 0 fully saturated rings. The Labute approximate surface area is 89.4 Å². The molecule has 0 aromatic carbocycles. The van der Waals surface area contributed by atoms with Crippen LogP contribution >= 0.6 is 0 Å². The second-order valence-corrected chi connectivity index (χ2v) is 3.16. The predicted molar refractivity (Wildman–Crippen MR) is 55.2 cm³/mol. The molecular weight excluding hydrogens is 192 g/mol. The maximum absolute atomic E-state index is 11.3. The molecule has 15 heavy (non-hydrogen) atoms. The van der Waals surface area contributed by atoms with Gasteiger partial charge in [0.2, 0.25) is 0 Å². The van der Waals surface area contributed by atoms with Crippen LogP contribution in [0.4, 0.5) is 0 Å². The third-order valence-corrected chi connectivity index (χ3v) is 1.41. The van der Waals surface area contributed by atoms with Gasteiger partial charge in [-0.1, -0.05) is 0 Å². The summed E-state index contributed by atoms with van der Waals surface area (Å²) in [5.41, 5.74) is 0.0154. The number of hydrogen-bond donors (Lipinski definition) is 2. The van der Waals surface area contributed by atoms with E-state index in [1.165, 1.54) is 6.20 Å². The van der Waals surface area contributed by atoms with Crippen LogP contribution < -0.4 is 10.6 Å². The van der Waals surface area contributed by atoms with Gasteiger partial charge in [0.15, 0.2) is 0 Å². The first-order valence-corrected chi connectivity index (χ1v) is 4.63. The quantitative estimate of drug-likeness (QED) is 0.387. The summed E-state index contributed by atoms with van der Waals surface area (Å²) >= 11 is 0. The fraction of sp³-hybridized carbons (Fsp3) is 0.500. The van der Waals surface area contributed by atoms with E-state index in [-0.39, 0.29) is 11.6 Å². The molecule has 1 amide bonds. The Kier molecular flexibility index (Phi) is 6.41. The molecule has 80 valence electrons. The molecule has 0 aliphatic heterocycles. The minimum Gasteiger partial charge on any atom is -0.389 e. The van der Waals surface area contributed by atoms with Gasteiger partial charge in [-0.3, -0.25) is 4.79 Å². The molecule has 0 aliphatic rings. The van der Waals surface area contributed by atoms with Gasteiger partial charge in [-0.2, -0.15) is 10.5 Å². The lowest BCUT2D eigenvalue weighted by Crippen LogP contribution is -2.31. The number of amides is 1. The Morgan fingerprint density at radius 1 is 1.47 bits per heavy atom. The van der Waals surface area contributed by atoms with E-state index in [2.05, 4.69) is 10.6 Å². The third-order valence-electron chi connectivity index (χ3n) is 1.41. The van der Waals surface area contributed by atoms with Crippen molar-refractivity contribution in [3.05, 3.63) is 11.8 Å². The second-order valence-electron chi connectivity index (χ2n) is 3.16. The molecule has 0 saturated heterocycles. The Morgan fingerprint density at radius 3 is 2.60 bits per heavy atom. The lowest BCUT2D eigenvalue weighted by Gasteiger charge is -2.06. The predicted octanol–water partition coefficient (Wildman–Crippen LogP) is 0.422. The van der Waals surface area contributed by atoms with E-state index >= 15 is 0 Å². The van der Waals surface area contributed by atoms with Gasteiger partial charge in [0.1, 0.15) is 11.6 Å². The first kappa shape index (κ1) is 13.0. The molecule has 0 rings (SSSR count). The van der Waals surface area contributed by atoms with Gasteiger partial charge < -0.3 is 10.6 Å². The van der Waals surface area contributed by atoms with E-state index in [4.69, 9.17) is 10.5 Å². The highest BCUT2D eigenvalue weighted by atomic mass is 16.1. The van der Waals surface area contributed by atoms with Crippen LogP contribution in [-0.4, -0.2) is 18.5 Å². The number of rotatable bonds is 5. The first-order valence-electron chi connectivity index (χ1n) is 4.63. The average Bonchev–Trinajstić information content (AvgIpc) is 2.16. The summed E-state index contributed by atoms with van der Waals surface area (Å²) in [7, 11) is 0. The molecule has 0 aromatic rings. The maximum atomic E-state index is 11.3. The highest BCUT2D eigenvalue weighted by Gasteiger charge is 2.08. The van der Waals surface area contributed by atoms with Gasteiger partial charge in [0.05, 0.1) is 12.5 Å². The summed E-state index contributed by atoms with van der Waals surface area (Å²) < 4.78 is 0.